The molecule has 4 aromatic rings. The van der Waals surface area contributed by atoms with E-state index in [1.54, 1.807) is 6.20 Å². The molecule has 6 nitrogen and oxygen atoms in total. The van der Waals surface area contributed by atoms with E-state index < -0.39 is 11.7 Å². The van der Waals surface area contributed by atoms with Gasteiger partial charge in [0.1, 0.15) is 5.65 Å². The summed E-state index contributed by atoms with van der Waals surface area (Å²) in [6, 6.07) is 15.7. The Kier molecular flexibility index (Phi) is 7.71. The van der Waals surface area contributed by atoms with Crippen LogP contribution in [-0.4, -0.2) is 29.0 Å². The molecule has 0 saturated carbocycles. The monoisotopic (exact) mass is 495 g/mol. The predicted molar refractivity (Wildman–Crippen MR) is 135 cm³/mol. The summed E-state index contributed by atoms with van der Waals surface area (Å²) in [5.41, 5.74) is 8.62. The Morgan fingerprint density at radius 3 is 2.58 bits per heavy atom. The van der Waals surface area contributed by atoms with Crippen molar-refractivity contribution in [3.05, 3.63) is 83.7 Å². The number of fused-ring (bicyclic) bond motifs is 1. The van der Waals surface area contributed by atoms with Crippen LogP contribution in [-0.2, 0) is 17.5 Å². The van der Waals surface area contributed by atoms with Gasteiger partial charge in [-0.1, -0.05) is 37.3 Å². The Labute approximate surface area is 207 Å². The van der Waals surface area contributed by atoms with Crippen molar-refractivity contribution in [2.75, 3.05) is 18.4 Å². The summed E-state index contributed by atoms with van der Waals surface area (Å²) in [7, 11) is 0. The minimum absolute atomic E-state index is 0.0441. The lowest BCUT2D eigenvalue weighted by molar-refractivity contribution is -0.138. The number of aromatic amines is 1. The molecule has 0 radical (unpaired) electrons. The third-order valence-electron chi connectivity index (χ3n) is 6.04. The van der Waals surface area contributed by atoms with Gasteiger partial charge < -0.3 is 21.4 Å². The molecule has 0 aliphatic rings. The molecule has 9 heteroatoms. The fourth-order valence-electron chi connectivity index (χ4n) is 4.11. The van der Waals surface area contributed by atoms with Gasteiger partial charge in [-0.3, -0.25) is 4.79 Å². The number of carbonyl (C=O) groups excluding carboxylic acids is 1. The number of alkyl halides is 3. The number of amides is 1. The topological polar surface area (TPSA) is 95.8 Å². The van der Waals surface area contributed by atoms with Gasteiger partial charge in [0.25, 0.3) is 0 Å². The summed E-state index contributed by atoms with van der Waals surface area (Å²) in [6.45, 7) is 2.70. The number of carbonyl (C=O) groups is 1. The van der Waals surface area contributed by atoms with Crippen LogP contribution >= 0.6 is 0 Å². The largest absolute Gasteiger partial charge is 0.416 e. The first-order valence-electron chi connectivity index (χ1n) is 11.7. The number of nitrogens with zero attached hydrogens (tertiary/aromatic N) is 1. The third-order valence-corrected chi connectivity index (χ3v) is 6.04. The maximum Gasteiger partial charge on any atom is 0.416 e. The van der Waals surface area contributed by atoms with E-state index in [4.69, 9.17) is 5.73 Å². The molecule has 0 aliphatic carbocycles. The van der Waals surface area contributed by atoms with E-state index in [2.05, 4.69) is 26.7 Å². The predicted octanol–water partition coefficient (Wildman–Crippen LogP) is 5.43. The van der Waals surface area contributed by atoms with Crippen LogP contribution in [0.4, 0.5) is 18.9 Å². The number of H-pyrrole nitrogens is 1. The second kappa shape index (κ2) is 10.9. The molecule has 2 aromatic heterocycles. The average molecular weight is 496 g/mol. The van der Waals surface area contributed by atoms with Crippen molar-refractivity contribution in [2.24, 2.45) is 5.73 Å². The van der Waals surface area contributed by atoms with Crippen LogP contribution in [0.1, 0.15) is 36.0 Å². The summed E-state index contributed by atoms with van der Waals surface area (Å²) >= 11 is 0. The van der Waals surface area contributed by atoms with Crippen molar-refractivity contribution in [1.29, 1.82) is 0 Å². The second-order valence-electron chi connectivity index (χ2n) is 8.75. The molecule has 5 N–H and O–H groups in total. The number of halogens is 3. The summed E-state index contributed by atoms with van der Waals surface area (Å²) in [4.78, 5) is 20.1. The van der Waals surface area contributed by atoms with Crippen molar-refractivity contribution in [2.45, 2.75) is 32.0 Å². The standard InChI is InChI=1S/C27H28F3N5O/c1-17(18-2-4-19(5-3-18)22-13-20-8-10-33-26(20)34-16-22)12-25(36)35-23-7-6-21(15-32-11-9-31)24(14-23)27(28,29)30/h2-8,10,13-14,16-17,32H,9,11-12,15,31H2,1H3,(H,33,34)(H,35,36). The molecule has 36 heavy (non-hydrogen) atoms. The van der Waals surface area contributed by atoms with Gasteiger partial charge in [-0.05, 0) is 46.9 Å². The molecule has 4 rings (SSSR count). The van der Waals surface area contributed by atoms with Crippen molar-refractivity contribution >= 4 is 22.6 Å². The van der Waals surface area contributed by atoms with Gasteiger partial charge in [0.2, 0.25) is 5.91 Å². The summed E-state index contributed by atoms with van der Waals surface area (Å²) in [6.07, 6.45) is -0.746. The van der Waals surface area contributed by atoms with Gasteiger partial charge in [0.05, 0.1) is 5.56 Å². The van der Waals surface area contributed by atoms with Gasteiger partial charge in [-0.2, -0.15) is 13.2 Å². The lowest BCUT2D eigenvalue weighted by Crippen LogP contribution is -2.24. The number of benzene rings is 2. The maximum absolute atomic E-state index is 13.6. The van der Waals surface area contributed by atoms with Gasteiger partial charge in [-0.15, -0.1) is 0 Å². The van der Waals surface area contributed by atoms with Crippen LogP contribution < -0.4 is 16.4 Å². The van der Waals surface area contributed by atoms with E-state index >= 15 is 0 Å². The highest BCUT2D eigenvalue weighted by atomic mass is 19.4. The number of anilines is 1. The van der Waals surface area contributed by atoms with E-state index in [0.717, 1.165) is 33.8 Å². The first kappa shape index (κ1) is 25.4. The molecule has 1 unspecified atom stereocenters. The average Bonchev–Trinajstić information content (AvgIpc) is 3.32. The SMILES string of the molecule is CC(CC(=O)Nc1ccc(CNCCN)c(C(F)(F)F)c1)c1ccc(-c2cnc3[nH]ccc3c2)cc1. The molecule has 2 heterocycles. The molecule has 1 amide bonds. The molecule has 1 atom stereocenters. The fourth-order valence-corrected chi connectivity index (χ4v) is 4.11. The molecule has 0 bridgehead atoms. The molecular weight excluding hydrogens is 467 g/mol. The van der Waals surface area contributed by atoms with Crippen molar-refractivity contribution < 1.29 is 18.0 Å². The number of aromatic nitrogens is 2. The van der Waals surface area contributed by atoms with Crippen molar-refractivity contribution in [3.8, 4) is 11.1 Å². The number of pyridine rings is 1. The van der Waals surface area contributed by atoms with E-state index in [9.17, 15) is 18.0 Å². The molecule has 0 aliphatic heterocycles. The Hall–Kier alpha value is -3.69. The van der Waals surface area contributed by atoms with Gasteiger partial charge in [0.15, 0.2) is 0 Å². The molecule has 188 valence electrons. The second-order valence-corrected chi connectivity index (χ2v) is 8.75. The van der Waals surface area contributed by atoms with Crippen molar-refractivity contribution in [3.63, 3.8) is 0 Å². The van der Waals surface area contributed by atoms with Crippen LogP contribution in [0.25, 0.3) is 22.2 Å². The zero-order valence-electron chi connectivity index (χ0n) is 19.8. The first-order chi connectivity index (χ1) is 17.2. The third kappa shape index (κ3) is 6.10. The lowest BCUT2D eigenvalue weighted by atomic mass is 9.95. The minimum Gasteiger partial charge on any atom is -0.346 e. The van der Waals surface area contributed by atoms with Gasteiger partial charge >= 0.3 is 6.18 Å². The Morgan fingerprint density at radius 1 is 1.08 bits per heavy atom. The van der Waals surface area contributed by atoms with E-state index in [-0.39, 0.29) is 36.0 Å². The highest BCUT2D eigenvalue weighted by Gasteiger charge is 2.33. The minimum atomic E-state index is -4.53. The molecule has 2 aromatic carbocycles. The molecule has 0 saturated heterocycles. The Bertz CT molecular complexity index is 1330. The zero-order chi connectivity index (χ0) is 25.7. The normalized spacial score (nSPS) is 12.6. The van der Waals surface area contributed by atoms with Crippen LogP contribution in [0.5, 0.6) is 0 Å². The fraction of sp³-hybridized carbons (Fsp3) is 0.259. The number of nitrogens with two attached hydrogens (primary N) is 1. The number of rotatable bonds is 9. The summed E-state index contributed by atoms with van der Waals surface area (Å²) in [5, 5.41) is 6.51. The maximum atomic E-state index is 13.6. The van der Waals surface area contributed by atoms with Gasteiger partial charge in [-0.25, -0.2) is 4.98 Å². The lowest BCUT2D eigenvalue weighted by Gasteiger charge is -2.16. The highest BCUT2D eigenvalue weighted by Crippen LogP contribution is 2.34. The number of nitrogens with one attached hydrogen (secondary N) is 3. The Morgan fingerprint density at radius 2 is 1.86 bits per heavy atom. The smallest absolute Gasteiger partial charge is 0.346 e. The highest BCUT2D eigenvalue weighted by molar-refractivity contribution is 5.91. The summed E-state index contributed by atoms with van der Waals surface area (Å²) < 4.78 is 40.7. The first-order valence-corrected chi connectivity index (χ1v) is 11.7. The van der Waals surface area contributed by atoms with Gasteiger partial charge in [0, 0.05) is 55.1 Å². The number of hydrogen-bond donors (Lipinski definition) is 4. The van der Waals surface area contributed by atoms with Crippen LogP contribution in [0.15, 0.2) is 67.0 Å². The zero-order valence-corrected chi connectivity index (χ0v) is 19.8. The van der Waals surface area contributed by atoms with Crippen LogP contribution in [0.2, 0.25) is 0 Å². The van der Waals surface area contributed by atoms with Crippen LogP contribution in [0, 0.1) is 0 Å². The van der Waals surface area contributed by atoms with E-state index in [0.29, 0.717) is 13.1 Å². The van der Waals surface area contributed by atoms with Crippen molar-refractivity contribution in [1.82, 2.24) is 15.3 Å². The molecule has 0 spiro atoms. The molecular formula is C27H28F3N5O. The molecule has 0 fully saturated rings. The van der Waals surface area contributed by atoms with Crippen LogP contribution in [0.3, 0.4) is 0 Å². The summed E-state index contributed by atoms with van der Waals surface area (Å²) in [5.74, 6) is -0.470. The van der Waals surface area contributed by atoms with E-state index in [1.165, 1.54) is 12.1 Å². The number of hydrogen-bond acceptors (Lipinski definition) is 4. The quantitative estimate of drug-likeness (QED) is 0.233. The Balaban J connectivity index is 1.40. The van der Waals surface area contributed by atoms with E-state index in [1.807, 2.05) is 43.5 Å².